The van der Waals surface area contributed by atoms with Crippen LogP contribution in [0, 0.1) is 6.92 Å². The Kier molecular flexibility index (Phi) is 2.26. The molecule has 3 aromatic heterocycles. The van der Waals surface area contributed by atoms with Crippen LogP contribution in [0.3, 0.4) is 0 Å². The second-order valence-electron chi connectivity index (χ2n) is 3.58. The lowest BCUT2D eigenvalue weighted by Gasteiger charge is -2.03. The lowest BCUT2D eigenvalue weighted by Crippen LogP contribution is -1.95. The molecule has 3 aromatic rings. The van der Waals surface area contributed by atoms with Crippen molar-refractivity contribution in [3.8, 4) is 11.4 Å². The van der Waals surface area contributed by atoms with Crippen LogP contribution in [0.25, 0.3) is 17.0 Å². The van der Waals surface area contributed by atoms with Gasteiger partial charge in [-0.05, 0) is 19.1 Å². The summed E-state index contributed by atoms with van der Waals surface area (Å²) in [7, 11) is 0. The SMILES string of the molecule is Cc1ncccc1-c1nnc2cncc(Cl)n12. The summed E-state index contributed by atoms with van der Waals surface area (Å²) in [5.41, 5.74) is 2.42. The highest BCUT2D eigenvalue weighted by molar-refractivity contribution is 6.29. The fourth-order valence-corrected chi connectivity index (χ4v) is 1.93. The lowest BCUT2D eigenvalue weighted by atomic mass is 10.2. The third-order valence-corrected chi connectivity index (χ3v) is 2.79. The number of aryl methyl sites for hydroxylation is 1. The molecule has 3 rings (SSSR count). The molecule has 0 saturated carbocycles. The summed E-state index contributed by atoms with van der Waals surface area (Å²) in [6.45, 7) is 1.92. The summed E-state index contributed by atoms with van der Waals surface area (Å²) < 4.78 is 1.75. The lowest BCUT2D eigenvalue weighted by molar-refractivity contribution is 1.09. The van der Waals surface area contributed by atoms with Crippen LogP contribution >= 0.6 is 11.6 Å². The Morgan fingerprint density at radius 2 is 2.12 bits per heavy atom. The van der Waals surface area contributed by atoms with Crippen LogP contribution < -0.4 is 0 Å². The molecular formula is C11H8ClN5. The van der Waals surface area contributed by atoms with Gasteiger partial charge in [0.1, 0.15) is 5.15 Å². The Labute approximate surface area is 102 Å². The number of fused-ring (bicyclic) bond motifs is 1. The summed E-state index contributed by atoms with van der Waals surface area (Å²) in [5.74, 6) is 0.679. The molecule has 0 aliphatic rings. The van der Waals surface area contributed by atoms with Gasteiger partial charge in [-0.2, -0.15) is 0 Å². The molecular weight excluding hydrogens is 238 g/mol. The quantitative estimate of drug-likeness (QED) is 0.659. The van der Waals surface area contributed by atoms with Crippen LogP contribution in [0.5, 0.6) is 0 Å². The minimum atomic E-state index is 0.478. The molecule has 0 saturated heterocycles. The maximum atomic E-state index is 6.11. The van der Waals surface area contributed by atoms with Crippen molar-refractivity contribution in [3.63, 3.8) is 0 Å². The van der Waals surface area contributed by atoms with E-state index in [1.165, 1.54) is 0 Å². The molecule has 0 N–H and O–H groups in total. The number of hydrogen-bond acceptors (Lipinski definition) is 4. The summed E-state index contributed by atoms with van der Waals surface area (Å²) in [4.78, 5) is 8.20. The van der Waals surface area contributed by atoms with Crippen LogP contribution in [0.4, 0.5) is 0 Å². The molecule has 0 amide bonds. The van der Waals surface area contributed by atoms with Gasteiger partial charge in [0, 0.05) is 17.5 Å². The number of halogens is 1. The van der Waals surface area contributed by atoms with E-state index in [0.717, 1.165) is 11.3 Å². The Balaban J connectivity index is 2.36. The molecule has 5 nitrogen and oxygen atoms in total. The normalized spacial score (nSPS) is 10.9. The zero-order chi connectivity index (χ0) is 11.8. The van der Waals surface area contributed by atoms with Crippen LogP contribution in [-0.4, -0.2) is 24.6 Å². The van der Waals surface area contributed by atoms with Crippen molar-refractivity contribution in [1.82, 2.24) is 24.6 Å². The van der Waals surface area contributed by atoms with Gasteiger partial charge in [0.2, 0.25) is 0 Å². The second-order valence-corrected chi connectivity index (χ2v) is 3.97. The van der Waals surface area contributed by atoms with Gasteiger partial charge >= 0.3 is 0 Å². The molecule has 0 spiro atoms. The van der Waals surface area contributed by atoms with Crippen molar-refractivity contribution < 1.29 is 0 Å². The van der Waals surface area contributed by atoms with E-state index in [2.05, 4.69) is 20.2 Å². The Morgan fingerprint density at radius 3 is 2.94 bits per heavy atom. The largest absolute Gasteiger partial charge is 0.262 e. The van der Waals surface area contributed by atoms with Crippen LogP contribution in [0.2, 0.25) is 5.15 Å². The van der Waals surface area contributed by atoms with Crippen molar-refractivity contribution >= 4 is 17.2 Å². The first-order valence-corrected chi connectivity index (χ1v) is 5.42. The van der Waals surface area contributed by atoms with Crippen molar-refractivity contribution in [3.05, 3.63) is 41.6 Å². The predicted molar refractivity (Wildman–Crippen MR) is 63.8 cm³/mol. The summed E-state index contributed by atoms with van der Waals surface area (Å²) in [6, 6.07) is 3.80. The van der Waals surface area contributed by atoms with Crippen LogP contribution in [0.15, 0.2) is 30.7 Å². The molecule has 0 fully saturated rings. The first-order chi connectivity index (χ1) is 8.27. The first kappa shape index (κ1) is 10.2. The average Bonchev–Trinajstić information content (AvgIpc) is 2.75. The Morgan fingerprint density at radius 1 is 1.24 bits per heavy atom. The molecule has 0 aliphatic heterocycles. The van der Waals surface area contributed by atoms with E-state index < -0.39 is 0 Å². The van der Waals surface area contributed by atoms with Crippen LogP contribution in [-0.2, 0) is 0 Å². The van der Waals surface area contributed by atoms with Crippen LogP contribution in [0.1, 0.15) is 5.69 Å². The maximum absolute atomic E-state index is 6.11. The van der Waals surface area contributed by atoms with Crippen molar-refractivity contribution in [2.45, 2.75) is 6.92 Å². The van der Waals surface area contributed by atoms with Gasteiger partial charge in [0.05, 0.1) is 12.4 Å². The fraction of sp³-hybridized carbons (Fsp3) is 0.0909. The zero-order valence-electron chi connectivity index (χ0n) is 9.00. The van der Waals surface area contributed by atoms with E-state index in [1.807, 2.05) is 19.1 Å². The molecule has 6 heteroatoms. The fourth-order valence-electron chi connectivity index (χ4n) is 1.71. The second kappa shape index (κ2) is 3.78. The standard InChI is InChI=1S/C11H8ClN5/c1-7-8(3-2-4-14-7)11-16-15-10-6-13-5-9(12)17(10)11/h2-6H,1H3. The predicted octanol–water partition coefficient (Wildman–Crippen LogP) is 2.15. The maximum Gasteiger partial charge on any atom is 0.180 e. The highest BCUT2D eigenvalue weighted by Gasteiger charge is 2.12. The number of aromatic nitrogens is 5. The molecule has 0 unspecified atom stereocenters. The molecule has 0 aromatic carbocycles. The van der Waals surface area contributed by atoms with E-state index >= 15 is 0 Å². The summed E-state index contributed by atoms with van der Waals surface area (Å²) in [5, 5.41) is 8.65. The molecule has 3 heterocycles. The van der Waals surface area contributed by atoms with E-state index in [4.69, 9.17) is 11.6 Å². The third-order valence-electron chi connectivity index (χ3n) is 2.52. The highest BCUT2D eigenvalue weighted by atomic mass is 35.5. The smallest absolute Gasteiger partial charge is 0.180 e. The highest BCUT2D eigenvalue weighted by Crippen LogP contribution is 2.23. The topological polar surface area (TPSA) is 56.0 Å². The van der Waals surface area contributed by atoms with Gasteiger partial charge < -0.3 is 0 Å². The Hall–Kier alpha value is -2.01. The van der Waals surface area contributed by atoms with Gasteiger partial charge in [0.15, 0.2) is 11.5 Å². The number of hydrogen-bond donors (Lipinski definition) is 0. The molecule has 0 radical (unpaired) electrons. The van der Waals surface area contributed by atoms with Crippen molar-refractivity contribution in [1.29, 1.82) is 0 Å². The molecule has 0 aliphatic carbocycles. The zero-order valence-corrected chi connectivity index (χ0v) is 9.76. The van der Waals surface area contributed by atoms with Crippen molar-refractivity contribution in [2.24, 2.45) is 0 Å². The molecule has 0 atom stereocenters. The van der Waals surface area contributed by atoms with E-state index in [-0.39, 0.29) is 0 Å². The van der Waals surface area contributed by atoms with Gasteiger partial charge in [0.25, 0.3) is 0 Å². The number of pyridine rings is 1. The summed E-state index contributed by atoms with van der Waals surface area (Å²) >= 11 is 6.11. The minimum Gasteiger partial charge on any atom is -0.262 e. The monoisotopic (exact) mass is 245 g/mol. The van der Waals surface area contributed by atoms with E-state index in [1.54, 1.807) is 23.0 Å². The Bertz CT molecular complexity index is 691. The van der Waals surface area contributed by atoms with Crippen molar-refractivity contribution in [2.75, 3.05) is 0 Å². The first-order valence-electron chi connectivity index (χ1n) is 5.04. The summed E-state index contributed by atoms with van der Waals surface area (Å²) in [6.07, 6.45) is 4.92. The average molecular weight is 246 g/mol. The third kappa shape index (κ3) is 1.55. The van der Waals surface area contributed by atoms with Gasteiger partial charge in [-0.1, -0.05) is 11.6 Å². The van der Waals surface area contributed by atoms with Gasteiger partial charge in [-0.25, -0.2) is 0 Å². The molecule has 84 valence electrons. The minimum absolute atomic E-state index is 0.478. The number of rotatable bonds is 1. The van der Waals surface area contributed by atoms with E-state index in [0.29, 0.717) is 16.6 Å². The molecule has 0 bridgehead atoms. The van der Waals surface area contributed by atoms with Gasteiger partial charge in [-0.15, -0.1) is 10.2 Å². The van der Waals surface area contributed by atoms with Gasteiger partial charge in [-0.3, -0.25) is 14.4 Å². The molecule has 17 heavy (non-hydrogen) atoms. The number of nitrogens with zero attached hydrogens (tertiary/aromatic N) is 5. The van der Waals surface area contributed by atoms with E-state index in [9.17, 15) is 0 Å².